The molecule has 164 valence electrons. The molecular formula is C25H23NO6. The van der Waals surface area contributed by atoms with E-state index in [1.54, 1.807) is 54.6 Å². The molecule has 0 aliphatic carbocycles. The summed E-state index contributed by atoms with van der Waals surface area (Å²) in [6.07, 6.45) is 1.37. The number of aliphatic hydroxyl groups is 1. The van der Waals surface area contributed by atoms with Crippen molar-refractivity contribution in [3.05, 3.63) is 89.6 Å². The average Bonchev–Trinajstić information content (AvgIpc) is 3.41. The minimum absolute atomic E-state index is 0.00188. The van der Waals surface area contributed by atoms with Gasteiger partial charge in [0, 0.05) is 5.69 Å². The summed E-state index contributed by atoms with van der Waals surface area (Å²) < 4.78 is 16.3. The van der Waals surface area contributed by atoms with Crippen molar-refractivity contribution < 1.29 is 28.6 Å². The predicted molar refractivity (Wildman–Crippen MR) is 118 cm³/mol. The Balaban J connectivity index is 1.82. The molecule has 7 heteroatoms. The maximum absolute atomic E-state index is 13.2. The monoisotopic (exact) mass is 433 g/mol. The Kier molecular flexibility index (Phi) is 5.73. The zero-order valence-corrected chi connectivity index (χ0v) is 17.9. The Morgan fingerprint density at radius 3 is 2.44 bits per heavy atom. The first-order valence-electron chi connectivity index (χ1n) is 10.2. The van der Waals surface area contributed by atoms with Crippen LogP contribution in [0.3, 0.4) is 0 Å². The number of nitrogens with zero attached hydrogens (tertiary/aromatic N) is 1. The number of benzene rings is 2. The summed E-state index contributed by atoms with van der Waals surface area (Å²) in [5, 5.41) is 10.8. The van der Waals surface area contributed by atoms with Gasteiger partial charge < -0.3 is 19.0 Å². The molecule has 0 fully saturated rings. The smallest absolute Gasteiger partial charge is 0.294 e. The molecular weight excluding hydrogens is 410 g/mol. The van der Waals surface area contributed by atoms with Crippen LogP contribution in [-0.4, -0.2) is 30.0 Å². The van der Waals surface area contributed by atoms with Gasteiger partial charge in [-0.15, -0.1) is 0 Å². The second kappa shape index (κ2) is 8.63. The largest absolute Gasteiger partial charge is 0.503 e. The standard InChI is InChI=1S/C25H23NO6/c1-15(2)32-18-11-9-17(10-12-18)26-22(16-6-4-7-19(14-16)30-3)21(24(28)25(26)29)23(27)20-8-5-13-31-20/h4-15,22,28H,1-3H3. The Hall–Kier alpha value is -4.00. The van der Waals surface area contributed by atoms with Crippen LogP contribution >= 0.6 is 0 Å². The minimum Gasteiger partial charge on any atom is -0.503 e. The lowest BCUT2D eigenvalue weighted by atomic mass is 9.94. The van der Waals surface area contributed by atoms with Crippen LogP contribution in [-0.2, 0) is 4.79 Å². The fourth-order valence-electron chi connectivity index (χ4n) is 3.73. The lowest BCUT2D eigenvalue weighted by Gasteiger charge is -2.27. The van der Waals surface area contributed by atoms with E-state index in [2.05, 4.69) is 0 Å². The van der Waals surface area contributed by atoms with Crippen molar-refractivity contribution in [3.8, 4) is 11.5 Å². The number of Topliss-reactive ketones (excluding diaryl/α,β-unsaturated/α-hetero) is 1. The third-order valence-electron chi connectivity index (χ3n) is 5.09. The molecule has 1 unspecified atom stereocenters. The number of amides is 1. The van der Waals surface area contributed by atoms with E-state index in [4.69, 9.17) is 13.9 Å². The van der Waals surface area contributed by atoms with E-state index in [1.807, 2.05) is 13.8 Å². The first-order chi connectivity index (χ1) is 15.4. The van der Waals surface area contributed by atoms with Crippen molar-refractivity contribution >= 4 is 17.4 Å². The Morgan fingerprint density at radius 1 is 1.06 bits per heavy atom. The maximum Gasteiger partial charge on any atom is 0.294 e. The quantitative estimate of drug-likeness (QED) is 0.536. The van der Waals surface area contributed by atoms with Gasteiger partial charge in [0.05, 0.1) is 31.1 Å². The van der Waals surface area contributed by atoms with Gasteiger partial charge in [0.1, 0.15) is 11.5 Å². The Bertz CT molecular complexity index is 1160. The molecule has 1 aliphatic rings. The average molecular weight is 433 g/mol. The van der Waals surface area contributed by atoms with Gasteiger partial charge in [-0.3, -0.25) is 14.5 Å². The molecule has 2 aromatic carbocycles. The number of ether oxygens (including phenoxy) is 2. The number of rotatable bonds is 7. The fraction of sp³-hybridized carbons (Fsp3) is 0.200. The first-order valence-corrected chi connectivity index (χ1v) is 10.2. The van der Waals surface area contributed by atoms with Crippen molar-refractivity contribution in [2.24, 2.45) is 0 Å². The van der Waals surface area contributed by atoms with Crippen LogP contribution in [0.2, 0.25) is 0 Å². The van der Waals surface area contributed by atoms with Crippen molar-refractivity contribution in [3.63, 3.8) is 0 Å². The molecule has 32 heavy (non-hydrogen) atoms. The normalized spacial score (nSPS) is 16.1. The predicted octanol–water partition coefficient (Wildman–Crippen LogP) is 4.86. The number of carbonyl (C=O) groups excluding carboxylic acids is 2. The molecule has 0 saturated carbocycles. The summed E-state index contributed by atoms with van der Waals surface area (Å²) in [7, 11) is 1.53. The molecule has 4 rings (SSSR count). The maximum atomic E-state index is 13.2. The molecule has 0 spiro atoms. The van der Waals surface area contributed by atoms with Gasteiger partial charge in [0.15, 0.2) is 11.5 Å². The van der Waals surface area contributed by atoms with Gasteiger partial charge in [-0.2, -0.15) is 0 Å². The highest BCUT2D eigenvalue weighted by Gasteiger charge is 2.45. The summed E-state index contributed by atoms with van der Waals surface area (Å²) in [5.41, 5.74) is 1.06. The van der Waals surface area contributed by atoms with Crippen molar-refractivity contribution in [1.29, 1.82) is 0 Å². The van der Waals surface area contributed by atoms with Gasteiger partial charge in [-0.05, 0) is 67.9 Å². The lowest BCUT2D eigenvalue weighted by molar-refractivity contribution is -0.117. The van der Waals surface area contributed by atoms with Crippen LogP contribution in [0.4, 0.5) is 5.69 Å². The molecule has 2 heterocycles. The topological polar surface area (TPSA) is 89.2 Å². The number of furan rings is 1. The Morgan fingerprint density at radius 2 is 1.81 bits per heavy atom. The van der Waals surface area contributed by atoms with Crippen molar-refractivity contribution in [2.75, 3.05) is 12.0 Å². The van der Waals surface area contributed by atoms with Gasteiger partial charge in [-0.25, -0.2) is 0 Å². The van der Waals surface area contributed by atoms with Crippen LogP contribution in [0, 0.1) is 0 Å². The molecule has 1 amide bonds. The zero-order chi connectivity index (χ0) is 22.8. The van der Waals surface area contributed by atoms with E-state index in [0.29, 0.717) is 22.7 Å². The van der Waals surface area contributed by atoms with Crippen LogP contribution in [0.1, 0.15) is 36.0 Å². The summed E-state index contributed by atoms with van der Waals surface area (Å²) >= 11 is 0. The molecule has 7 nitrogen and oxygen atoms in total. The van der Waals surface area contributed by atoms with Crippen LogP contribution < -0.4 is 14.4 Å². The van der Waals surface area contributed by atoms with Gasteiger partial charge in [0.2, 0.25) is 5.78 Å². The number of hydrogen-bond acceptors (Lipinski definition) is 6. The highest BCUT2D eigenvalue weighted by atomic mass is 16.5. The van der Waals surface area contributed by atoms with E-state index in [1.165, 1.54) is 24.3 Å². The number of ketones is 1. The fourth-order valence-corrected chi connectivity index (χ4v) is 3.73. The number of methoxy groups -OCH3 is 1. The molecule has 1 atom stereocenters. The van der Waals surface area contributed by atoms with E-state index in [-0.39, 0.29) is 17.4 Å². The number of carbonyl (C=O) groups is 2. The molecule has 1 aliphatic heterocycles. The highest BCUT2D eigenvalue weighted by Crippen LogP contribution is 2.43. The number of hydrogen-bond donors (Lipinski definition) is 1. The summed E-state index contributed by atoms with van der Waals surface area (Å²) in [5.74, 6) is -0.596. The van der Waals surface area contributed by atoms with Gasteiger partial charge in [-0.1, -0.05) is 12.1 Å². The number of anilines is 1. The molecule has 1 aromatic heterocycles. The third kappa shape index (κ3) is 3.85. The van der Waals surface area contributed by atoms with Crippen LogP contribution in [0.5, 0.6) is 11.5 Å². The highest BCUT2D eigenvalue weighted by molar-refractivity contribution is 6.20. The Labute approximate surface area is 185 Å². The summed E-state index contributed by atoms with van der Waals surface area (Å²) in [4.78, 5) is 27.8. The van der Waals surface area contributed by atoms with Gasteiger partial charge in [0.25, 0.3) is 5.91 Å². The summed E-state index contributed by atoms with van der Waals surface area (Å²) in [6.45, 7) is 3.84. The molecule has 0 saturated heterocycles. The van der Waals surface area contributed by atoms with E-state index >= 15 is 0 Å². The van der Waals surface area contributed by atoms with E-state index < -0.39 is 23.5 Å². The number of aliphatic hydroxyl groups excluding tert-OH is 1. The summed E-state index contributed by atoms with van der Waals surface area (Å²) in [6, 6.07) is 16.2. The second-order valence-electron chi connectivity index (χ2n) is 7.58. The molecule has 0 radical (unpaired) electrons. The van der Waals surface area contributed by atoms with Crippen molar-refractivity contribution in [2.45, 2.75) is 26.0 Å². The van der Waals surface area contributed by atoms with Crippen molar-refractivity contribution in [1.82, 2.24) is 0 Å². The zero-order valence-electron chi connectivity index (χ0n) is 17.9. The van der Waals surface area contributed by atoms with E-state index in [9.17, 15) is 14.7 Å². The van der Waals surface area contributed by atoms with Gasteiger partial charge >= 0.3 is 0 Å². The third-order valence-corrected chi connectivity index (χ3v) is 5.09. The minimum atomic E-state index is -0.868. The van der Waals surface area contributed by atoms with E-state index in [0.717, 1.165) is 0 Å². The second-order valence-corrected chi connectivity index (χ2v) is 7.58. The lowest BCUT2D eigenvalue weighted by Crippen LogP contribution is -2.31. The molecule has 0 bridgehead atoms. The SMILES string of the molecule is COc1cccc(C2C(C(=O)c3ccco3)=C(O)C(=O)N2c2ccc(OC(C)C)cc2)c1. The molecule has 3 aromatic rings. The van der Waals surface area contributed by atoms with Crippen LogP contribution in [0.25, 0.3) is 0 Å². The van der Waals surface area contributed by atoms with Crippen LogP contribution in [0.15, 0.2) is 82.7 Å². The first kappa shape index (κ1) is 21.2. The molecule has 1 N–H and O–H groups in total.